The van der Waals surface area contributed by atoms with Crippen molar-refractivity contribution in [1.29, 1.82) is 0 Å². The fraction of sp³-hybridized carbons (Fsp3) is 0.455. The van der Waals surface area contributed by atoms with E-state index in [0.29, 0.717) is 0 Å². The van der Waals surface area contributed by atoms with Gasteiger partial charge < -0.3 is 15.2 Å². The zero-order valence-corrected chi connectivity index (χ0v) is 10.4. The van der Waals surface area contributed by atoms with Crippen molar-refractivity contribution in [3.8, 4) is 5.88 Å². The van der Waals surface area contributed by atoms with Gasteiger partial charge in [0.1, 0.15) is 0 Å². The van der Waals surface area contributed by atoms with Gasteiger partial charge in [-0.1, -0.05) is 0 Å². The molecule has 0 aliphatic rings. The second-order valence-electron chi connectivity index (χ2n) is 3.57. The molecule has 0 aliphatic heterocycles. The number of hydrogen-bond donors (Lipinski definition) is 1. The molecular weight excluding hydrogens is 265 g/mol. The maximum absolute atomic E-state index is 12.1. The summed E-state index contributed by atoms with van der Waals surface area (Å²) in [7, 11) is 0. The van der Waals surface area contributed by atoms with Crippen LogP contribution in [-0.2, 0) is 11.3 Å². The van der Waals surface area contributed by atoms with E-state index in [1.54, 1.807) is 6.92 Å². The first-order valence-electron chi connectivity index (χ1n) is 5.42. The van der Waals surface area contributed by atoms with Crippen molar-refractivity contribution in [3.63, 3.8) is 0 Å². The largest absolute Gasteiger partial charge is 0.574 e. The van der Waals surface area contributed by atoms with Gasteiger partial charge >= 0.3 is 12.3 Å². The van der Waals surface area contributed by atoms with E-state index < -0.39 is 18.2 Å². The number of hydrogen-bond acceptors (Lipinski definition) is 5. The summed E-state index contributed by atoms with van der Waals surface area (Å²) in [5.41, 5.74) is 5.70. The maximum Gasteiger partial charge on any atom is 0.574 e. The topological polar surface area (TPSA) is 74.4 Å². The van der Waals surface area contributed by atoms with Crippen molar-refractivity contribution in [2.75, 3.05) is 6.61 Å². The van der Waals surface area contributed by atoms with Crippen molar-refractivity contribution < 1.29 is 27.4 Å². The highest BCUT2D eigenvalue weighted by atomic mass is 19.4. The monoisotopic (exact) mass is 278 g/mol. The normalized spacial score (nSPS) is 11.3. The van der Waals surface area contributed by atoms with E-state index in [9.17, 15) is 18.0 Å². The highest BCUT2D eigenvalue weighted by Gasteiger charge is 2.32. The van der Waals surface area contributed by atoms with Gasteiger partial charge in [0.05, 0.1) is 17.9 Å². The van der Waals surface area contributed by atoms with E-state index in [0.717, 1.165) is 6.07 Å². The fourth-order valence-corrected chi connectivity index (χ4v) is 1.51. The van der Waals surface area contributed by atoms with Gasteiger partial charge in [-0.05, 0) is 19.4 Å². The van der Waals surface area contributed by atoms with Crippen molar-refractivity contribution >= 4 is 5.97 Å². The van der Waals surface area contributed by atoms with E-state index in [2.05, 4.69) is 9.72 Å². The van der Waals surface area contributed by atoms with Crippen LogP contribution in [0.25, 0.3) is 0 Å². The van der Waals surface area contributed by atoms with Crippen LogP contribution in [0.4, 0.5) is 13.2 Å². The average Bonchev–Trinajstić information content (AvgIpc) is 2.25. The van der Waals surface area contributed by atoms with Crippen molar-refractivity contribution in [2.45, 2.75) is 26.8 Å². The molecule has 5 nitrogen and oxygen atoms in total. The van der Waals surface area contributed by atoms with Gasteiger partial charge in [0, 0.05) is 12.6 Å². The van der Waals surface area contributed by atoms with E-state index in [-0.39, 0.29) is 30.0 Å². The number of nitrogens with two attached hydrogens (primary N) is 1. The molecule has 1 aromatic heterocycles. The first kappa shape index (κ1) is 15.2. The molecule has 1 aromatic rings. The lowest BCUT2D eigenvalue weighted by Gasteiger charge is -2.13. The predicted molar refractivity (Wildman–Crippen MR) is 59.5 cm³/mol. The summed E-state index contributed by atoms with van der Waals surface area (Å²) in [5.74, 6) is -1.33. The van der Waals surface area contributed by atoms with Crippen LogP contribution in [0.2, 0.25) is 0 Å². The summed E-state index contributed by atoms with van der Waals surface area (Å²) in [6.07, 6.45) is -4.85. The second kappa shape index (κ2) is 5.87. The highest BCUT2D eigenvalue weighted by Crippen LogP contribution is 2.25. The molecule has 8 heteroatoms. The lowest BCUT2D eigenvalue weighted by atomic mass is 10.1. The third-order valence-corrected chi connectivity index (χ3v) is 2.16. The summed E-state index contributed by atoms with van der Waals surface area (Å²) in [6, 6.07) is 1.01. The van der Waals surface area contributed by atoms with Crippen LogP contribution in [0.15, 0.2) is 6.07 Å². The summed E-state index contributed by atoms with van der Waals surface area (Å²) < 4.78 is 44.8. The van der Waals surface area contributed by atoms with Gasteiger partial charge in [0.2, 0.25) is 5.88 Å². The van der Waals surface area contributed by atoms with Crippen LogP contribution in [0.1, 0.15) is 28.5 Å². The Hall–Kier alpha value is -1.83. The number of aromatic nitrogens is 1. The second-order valence-corrected chi connectivity index (χ2v) is 3.57. The average molecular weight is 278 g/mol. The standard InChI is InChI=1S/C11H13F3N2O3/c1-3-18-10(17)9-6(2)4-8(16-7(9)5-15)19-11(12,13)14/h4H,3,5,15H2,1-2H3. The van der Waals surface area contributed by atoms with Gasteiger partial charge in [-0.25, -0.2) is 9.78 Å². The zero-order chi connectivity index (χ0) is 14.6. The Bertz CT molecular complexity index is 475. The molecule has 0 spiro atoms. The number of rotatable bonds is 4. The molecule has 0 radical (unpaired) electrons. The van der Waals surface area contributed by atoms with Crippen LogP contribution in [-0.4, -0.2) is 23.9 Å². The Morgan fingerprint density at radius 2 is 2.11 bits per heavy atom. The molecule has 106 valence electrons. The number of nitrogens with zero attached hydrogens (tertiary/aromatic N) is 1. The first-order chi connectivity index (χ1) is 8.78. The fourth-order valence-electron chi connectivity index (χ4n) is 1.51. The summed E-state index contributed by atoms with van der Waals surface area (Å²) >= 11 is 0. The van der Waals surface area contributed by atoms with Crippen molar-refractivity contribution in [2.24, 2.45) is 5.73 Å². The van der Waals surface area contributed by atoms with E-state index in [4.69, 9.17) is 10.5 Å². The lowest BCUT2D eigenvalue weighted by molar-refractivity contribution is -0.276. The number of ether oxygens (including phenoxy) is 2. The quantitative estimate of drug-likeness (QED) is 0.852. The third kappa shape index (κ3) is 4.09. The molecule has 19 heavy (non-hydrogen) atoms. The Morgan fingerprint density at radius 1 is 1.47 bits per heavy atom. The molecule has 0 amide bonds. The maximum atomic E-state index is 12.1. The Kier molecular flexibility index (Phi) is 4.71. The van der Waals surface area contributed by atoms with Gasteiger partial charge in [-0.2, -0.15) is 0 Å². The van der Waals surface area contributed by atoms with Crippen LogP contribution < -0.4 is 10.5 Å². The molecular formula is C11H13F3N2O3. The van der Waals surface area contributed by atoms with Gasteiger partial charge in [0.15, 0.2) is 0 Å². The zero-order valence-electron chi connectivity index (χ0n) is 10.4. The molecule has 1 heterocycles. The number of esters is 1. The summed E-state index contributed by atoms with van der Waals surface area (Å²) in [6.45, 7) is 3.01. The van der Waals surface area contributed by atoms with Gasteiger partial charge in [-0.3, -0.25) is 0 Å². The van der Waals surface area contributed by atoms with Gasteiger partial charge in [0.25, 0.3) is 0 Å². The minimum atomic E-state index is -4.85. The van der Waals surface area contributed by atoms with Crippen LogP contribution >= 0.6 is 0 Å². The van der Waals surface area contributed by atoms with E-state index in [1.165, 1.54) is 6.92 Å². The van der Waals surface area contributed by atoms with Crippen LogP contribution in [0.5, 0.6) is 5.88 Å². The molecule has 0 unspecified atom stereocenters. The SMILES string of the molecule is CCOC(=O)c1c(C)cc(OC(F)(F)F)nc1CN. The van der Waals surface area contributed by atoms with Gasteiger partial charge in [-0.15, -0.1) is 13.2 Å². The Morgan fingerprint density at radius 3 is 2.58 bits per heavy atom. The van der Waals surface area contributed by atoms with Crippen molar-refractivity contribution in [1.82, 2.24) is 4.98 Å². The number of halogens is 3. The molecule has 0 atom stereocenters. The molecule has 0 saturated carbocycles. The Labute approximate surface area is 107 Å². The smallest absolute Gasteiger partial charge is 0.462 e. The molecule has 0 saturated heterocycles. The summed E-state index contributed by atoms with van der Waals surface area (Å²) in [4.78, 5) is 15.2. The molecule has 0 aromatic carbocycles. The molecule has 0 bridgehead atoms. The highest BCUT2D eigenvalue weighted by molar-refractivity contribution is 5.92. The first-order valence-corrected chi connectivity index (χ1v) is 5.42. The molecule has 0 aliphatic carbocycles. The van der Waals surface area contributed by atoms with E-state index in [1.807, 2.05) is 0 Å². The van der Waals surface area contributed by atoms with Crippen LogP contribution in [0, 0.1) is 6.92 Å². The van der Waals surface area contributed by atoms with Crippen molar-refractivity contribution in [3.05, 3.63) is 22.9 Å². The minimum Gasteiger partial charge on any atom is -0.462 e. The summed E-state index contributed by atoms with van der Waals surface area (Å²) in [5, 5.41) is 0. The number of carbonyl (C=O) groups is 1. The number of pyridine rings is 1. The molecule has 0 fully saturated rings. The number of aryl methyl sites for hydroxylation is 1. The van der Waals surface area contributed by atoms with Crippen LogP contribution in [0.3, 0.4) is 0 Å². The Balaban J connectivity index is 3.18. The third-order valence-electron chi connectivity index (χ3n) is 2.16. The molecule has 2 N–H and O–H groups in total. The number of alkyl halides is 3. The minimum absolute atomic E-state index is 0.00213. The number of carbonyl (C=O) groups excluding carboxylic acids is 1. The lowest BCUT2D eigenvalue weighted by Crippen LogP contribution is -2.20. The molecule has 1 rings (SSSR count). The van der Waals surface area contributed by atoms with E-state index >= 15 is 0 Å². The predicted octanol–water partition coefficient (Wildman–Crippen LogP) is 1.92.